The van der Waals surface area contributed by atoms with Crippen molar-refractivity contribution >= 4 is 46.3 Å². The smallest absolute Gasteiger partial charge is 0.300 e. The molecule has 8 heteroatoms. The molecule has 1 N–H and O–H groups in total. The number of pyridine rings is 1. The quantitative estimate of drug-likeness (QED) is 0.317. The van der Waals surface area contributed by atoms with Gasteiger partial charge in [-0.15, -0.1) is 0 Å². The summed E-state index contributed by atoms with van der Waals surface area (Å²) in [4.78, 5) is 31.9. The Labute approximate surface area is 194 Å². The van der Waals surface area contributed by atoms with E-state index in [1.165, 1.54) is 24.1 Å². The largest absolute Gasteiger partial charge is 0.507 e. The number of rotatable bonds is 4. The van der Waals surface area contributed by atoms with Crippen LogP contribution in [0.15, 0.2) is 66.5 Å². The van der Waals surface area contributed by atoms with Gasteiger partial charge in [-0.25, -0.2) is 0 Å². The van der Waals surface area contributed by atoms with Crippen molar-refractivity contribution in [2.45, 2.75) is 13.0 Å². The van der Waals surface area contributed by atoms with Gasteiger partial charge in [-0.3, -0.25) is 19.5 Å². The van der Waals surface area contributed by atoms with E-state index in [9.17, 15) is 14.7 Å². The molecule has 1 fully saturated rings. The number of anilines is 1. The van der Waals surface area contributed by atoms with Gasteiger partial charge in [0.15, 0.2) is 0 Å². The van der Waals surface area contributed by atoms with E-state index in [-0.39, 0.29) is 26.9 Å². The van der Waals surface area contributed by atoms with Gasteiger partial charge in [0.1, 0.15) is 11.5 Å². The van der Waals surface area contributed by atoms with E-state index >= 15 is 0 Å². The third kappa shape index (κ3) is 3.61. The van der Waals surface area contributed by atoms with Gasteiger partial charge in [0.2, 0.25) is 0 Å². The fourth-order valence-electron chi connectivity index (χ4n) is 3.86. The second kappa shape index (κ2) is 8.65. The molecule has 162 valence electrons. The van der Waals surface area contributed by atoms with E-state index in [4.69, 9.17) is 27.9 Å². The maximum atomic E-state index is 13.2. The first-order valence-electron chi connectivity index (χ1n) is 9.65. The summed E-state index contributed by atoms with van der Waals surface area (Å²) >= 11 is 12.4. The average molecular weight is 469 g/mol. The molecule has 1 aromatic heterocycles. The number of aromatic nitrogens is 1. The Kier molecular flexibility index (Phi) is 5.91. The first-order valence-corrected chi connectivity index (χ1v) is 10.4. The molecule has 6 nitrogen and oxygen atoms in total. The van der Waals surface area contributed by atoms with E-state index in [2.05, 4.69) is 4.98 Å². The van der Waals surface area contributed by atoms with E-state index < -0.39 is 23.5 Å². The summed E-state index contributed by atoms with van der Waals surface area (Å²) in [6, 6.07) is 12.6. The maximum absolute atomic E-state index is 13.2. The number of hydrogen-bond acceptors (Lipinski definition) is 5. The number of ketones is 1. The number of carbonyl (C=O) groups excluding carboxylic acids is 2. The molecule has 0 saturated carbocycles. The number of benzene rings is 2. The number of carbonyl (C=O) groups is 2. The highest BCUT2D eigenvalue weighted by Gasteiger charge is 2.47. The Morgan fingerprint density at radius 3 is 2.44 bits per heavy atom. The lowest BCUT2D eigenvalue weighted by atomic mass is 9.95. The Morgan fingerprint density at radius 2 is 1.78 bits per heavy atom. The summed E-state index contributed by atoms with van der Waals surface area (Å²) in [5.74, 6) is -1.87. The second-order valence-electron chi connectivity index (χ2n) is 7.20. The molecular formula is C24H18Cl2N2O4. The third-order valence-corrected chi connectivity index (χ3v) is 5.81. The van der Waals surface area contributed by atoms with Gasteiger partial charge < -0.3 is 9.84 Å². The van der Waals surface area contributed by atoms with E-state index in [1.54, 1.807) is 36.7 Å². The minimum absolute atomic E-state index is 0.0962. The second-order valence-corrected chi connectivity index (χ2v) is 8.05. The van der Waals surface area contributed by atoms with Gasteiger partial charge in [-0.05, 0) is 48.4 Å². The Balaban J connectivity index is 2.02. The Morgan fingerprint density at radius 1 is 1.09 bits per heavy atom. The summed E-state index contributed by atoms with van der Waals surface area (Å²) in [6.07, 6.45) is 3.12. The highest BCUT2D eigenvalue weighted by Crippen LogP contribution is 2.45. The summed E-state index contributed by atoms with van der Waals surface area (Å²) in [6.45, 7) is 1.85. The van der Waals surface area contributed by atoms with Gasteiger partial charge in [0.05, 0.1) is 29.3 Å². The van der Waals surface area contributed by atoms with Crippen LogP contribution < -0.4 is 9.64 Å². The summed E-state index contributed by atoms with van der Waals surface area (Å²) in [5.41, 5.74) is 1.99. The fourth-order valence-corrected chi connectivity index (χ4v) is 4.44. The molecule has 0 aliphatic carbocycles. The molecule has 0 radical (unpaired) electrons. The number of hydrogen-bond donors (Lipinski definition) is 1. The minimum Gasteiger partial charge on any atom is -0.507 e. The number of amides is 1. The lowest BCUT2D eigenvalue weighted by Crippen LogP contribution is -2.30. The van der Waals surface area contributed by atoms with Gasteiger partial charge >= 0.3 is 0 Å². The molecule has 1 aliphatic rings. The van der Waals surface area contributed by atoms with E-state index in [0.717, 1.165) is 5.56 Å². The molecule has 1 amide bonds. The van der Waals surface area contributed by atoms with Crippen molar-refractivity contribution < 1.29 is 19.4 Å². The lowest BCUT2D eigenvalue weighted by molar-refractivity contribution is -0.132. The topological polar surface area (TPSA) is 79.7 Å². The van der Waals surface area contributed by atoms with Crippen LogP contribution in [0.5, 0.6) is 5.75 Å². The lowest BCUT2D eigenvalue weighted by Gasteiger charge is -2.26. The van der Waals surface area contributed by atoms with E-state index in [0.29, 0.717) is 11.3 Å². The molecule has 3 aromatic rings. The van der Waals surface area contributed by atoms with Crippen molar-refractivity contribution in [3.05, 3.63) is 93.2 Å². The maximum Gasteiger partial charge on any atom is 0.300 e. The standard InChI is InChI=1S/C24H18Cl2N2O4/c1-13-5-3-4-6-18(13)28-20(14-7-9-27-10-8-14)19(22(30)24(28)31)21(29)16-11-15(25)12-17(26)23(16)32-2/h3-12,20,29H,1-2H3/b21-19+. The molecule has 2 heterocycles. The zero-order valence-corrected chi connectivity index (χ0v) is 18.7. The normalized spacial score (nSPS) is 17.6. The molecule has 32 heavy (non-hydrogen) atoms. The Bertz CT molecular complexity index is 1260. The number of aliphatic hydroxyl groups is 1. The number of ether oxygens (including phenoxy) is 1. The van der Waals surface area contributed by atoms with Crippen LogP contribution >= 0.6 is 23.2 Å². The molecule has 0 spiro atoms. The molecule has 2 aromatic carbocycles. The van der Waals surface area contributed by atoms with Crippen molar-refractivity contribution in [1.29, 1.82) is 0 Å². The first kappa shape index (κ1) is 21.9. The van der Waals surface area contributed by atoms with Crippen molar-refractivity contribution in [1.82, 2.24) is 4.98 Å². The zero-order valence-electron chi connectivity index (χ0n) is 17.2. The summed E-state index contributed by atoms with van der Waals surface area (Å²) in [5, 5.41) is 11.7. The molecule has 4 rings (SSSR count). The predicted molar refractivity (Wildman–Crippen MR) is 123 cm³/mol. The van der Waals surface area contributed by atoms with E-state index in [1.807, 2.05) is 19.1 Å². The van der Waals surface area contributed by atoms with Crippen LogP contribution in [0, 0.1) is 6.92 Å². The number of Topliss-reactive ketones (excluding diaryl/α,β-unsaturated/α-hetero) is 1. The van der Waals surface area contributed by atoms with Gasteiger partial charge in [-0.1, -0.05) is 41.4 Å². The predicted octanol–water partition coefficient (Wildman–Crippen LogP) is 5.33. The number of nitrogens with zero attached hydrogens (tertiary/aromatic N) is 2. The van der Waals surface area contributed by atoms with Gasteiger partial charge in [0.25, 0.3) is 11.7 Å². The number of para-hydroxylation sites is 1. The summed E-state index contributed by atoms with van der Waals surface area (Å²) < 4.78 is 5.34. The molecule has 1 atom stereocenters. The van der Waals surface area contributed by atoms with Crippen LogP contribution in [0.2, 0.25) is 10.0 Å². The Hall–Kier alpha value is -3.35. The monoisotopic (exact) mass is 468 g/mol. The van der Waals surface area contributed by atoms with Gasteiger partial charge in [0, 0.05) is 23.1 Å². The minimum atomic E-state index is -0.887. The number of halogens is 2. The molecule has 1 unspecified atom stereocenters. The first-order chi connectivity index (χ1) is 15.3. The molecule has 1 aliphatic heterocycles. The fraction of sp³-hybridized carbons (Fsp3) is 0.125. The van der Waals surface area contributed by atoms with Crippen LogP contribution in [0.1, 0.15) is 22.7 Å². The van der Waals surface area contributed by atoms with Crippen LogP contribution in [0.4, 0.5) is 5.69 Å². The zero-order chi connectivity index (χ0) is 23.0. The van der Waals surface area contributed by atoms with Crippen LogP contribution in [0.25, 0.3) is 5.76 Å². The number of aliphatic hydroxyl groups excluding tert-OH is 1. The number of aryl methyl sites for hydroxylation is 1. The van der Waals surface area contributed by atoms with Crippen molar-refractivity contribution in [2.24, 2.45) is 0 Å². The van der Waals surface area contributed by atoms with Gasteiger partial charge in [-0.2, -0.15) is 0 Å². The van der Waals surface area contributed by atoms with Crippen molar-refractivity contribution in [3.8, 4) is 5.75 Å². The van der Waals surface area contributed by atoms with Crippen LogP contribution in [-0.2, 0) is 9.59 Å². The van der Waals surface area contributed by atoms with Crippen LogP contribution in [0.3, 0.4) is 0 Å². The van der Waals surface area contributed by atoms with Crippen molar-refractivity contribution in [3.63, 3.8) is 0 Å². The summed E-state index contributed by atoms with van der Waals surface area (Å²) in [7, 11) is 1.39. The van der Waals surface area contributed by atoms with Crippen LogP contribution in [-0.4, -0.2) is 28.9 Å². The SMILES string of the molecule is COc1c(Cl)cc(Cl)cc1/C(O)=C1\C(=O)C(=O)N(c2ccccc2C)C1c1ccncc1. The molecular weight excluding hydrogens is 451 g/mol. The highest BCUT2D eigenvalue weighted by molar-refractivity contribution is 6.52. The van der Waals surface area contributed by atoms with Crippen molar-refractivity contribution in [2.75, 3.05) is 12.0 Å². The molecule has 0 bridgehead atoms. The third-order valence-electron chi connectivity index (χ3n) is 5.31. The molecule has 1 saturated heterocycles. The highest BCUT2D eigenvalue weighted by atomic mass is 35.5. The number of methoxy groups -OCH3 is 1. The average Bonchev–Trinajstić information content (AvgIpc) is 3.04.